The summed E-state index contributed by atoms with van der Waals surface area (Å²) >= 11 is 0. The monoisotopic (exact) mass is 197 g/mol. The van der Waals surface area contributed by atoms with Crippen LogP contribution in [0.4, 0.5) is 0 Å². The van der Waals surface area contributed by atoms with Gasteiger partial charge in [-0.3, -0.25) is 4.79 Å². The second-order valence-corrected chi connectivity index (χ2v) is 2.42. The van der Waals surface area contributed by atoms with Crippen LogP contribution in [0.2, 0.25) is 0 Å². The number of allylic oxidation sites excluding steroid dienone is 3. The van der Waals surface area contributed by atoms with Crippen LogP contribution in [0.3, 0.4) is 0 Å². The van der Waals surface area contributed by atoms with Crippen molar-refractivity contribution in [1.29, 1.82) is 0 Å². The van der Waals surface area contributed by atoms with E-state index in [2.05, 4.69) is 10.1 Å². The third kappa shape index (κ3) is 4.45. The van der Waals surface area contributed by atoms with Crippen molar-refractivity contribution in [2.24, 2.45) is 0 Å². The van der Waals surface area contributed by atoms with Gasteiger partial charge in [-0.2, -0.15) is 0 Å². The quantitative estimate of drug-likeness (QED) is 0.419. The molecule has 0 spiro atoms. The molecule has 0 aliphatic carbocycles. The number of carbonyl (C=O) groups excluding carboxylic acids is 2. The second kappa shape index (κ2) is 6.88. The number of amides is 1. The number of ether oxygens (including phenoxy) is 1. The van der Waals surface area contributed by atoms with Crippen molar-refractivity contribution in [3.8, 4) is 0 Å². The van der Waals surface area contributed by atoms with Gasteiger partial charge >= 0.3 is 11.9 Å². The molecule has 0 radical (unpaired) electrons. The molecule has 0 bridgehead atoms. The molecule has 0 heterocycles. The normalized spacial score (nSPS) is 11.5. The molecule has 0 saturated carbocycles. The first-order valence-corrected chi connectivity index (χ1v) is 4.42. The Balaban J connectivity index is 4.23. The molecule has 78 valence electrons. The van der Waals surface area contributed by atoms with Gasteiger partial charge in [0.05, 0.1) is 6.61 Å². The third-order valence-corrected chi connectivity index (χ3v) is 1.38. The van der Waals surface area contributed by atoms with Crippen molar-refractivity contribution < 1.29 is 14.3 Å². The lowest BCUT2D eigenvalue weighted by atomic mass is 10.3. The smallest absolute Gasteiger partial charge is 0.397 e. The maximum atomic E-state index is 11.1. The van der Waals surface area contributed by atoms with Crippen molar-refractivity contribution in [1.82, 2.24) is 5.32 Å². The Labute approximate surface area is 83.6 Å². The number of esters is 1. The Kier molecular flexibility index (Phi) is 6.11. The maximum absolute atomic E-state index is 11.1. The zero-order valence-corrected chi connectivity index (χ0v) is 8.66. The summed E-state index contributed by atoms with van der Waals surface area (Å²) in [4.78, 5) is 22.0. The minimum atomic E-state index is -0.864. The summed E-state index contributed by atoms with van der Waals surface area (Å²) in [5.41, 5.74) is 0.575. The zero-order chi connectivity index (χ0) is 11.0. The van der Waals surface area contributed by atoms with Gasteiger partial charge in [0.2, 0.25) is 0 Å². The largest absolute Gasteiger partial charge is 0.459 e. The molecule has 0 atom stereocenters. The Hall–Kier alpha value is -1.58. The van der Waals surface area contributed by atoms with Crippen molar-refractivity contribution in [3.63, 3.8) is 0 Å². The molecule has 14 heavy (non-hydrogen) atoms. The number of hydrogen-bond donors (Lipinski definition) is 1. The average Bonchev–Trinajstić information content (AvgIpc) is 2.17. The second-order valence-electron chi connectivity index (χ2n) is 2.42. The van der Waals surface area contributed by atoms with Crippen LogP contribution in [0, 0.1) is 0 Å². The van der Waals surface area contributed by atoms with Crippen molar-refractivity contribution in [2.45, 2.75) is 20.8 Å². The van der Waals surface area contributed by atoms with E-state index in [-0.39, 0.29) is 6.61 Å². The molecule has 0 aromatic heterocycles. The highest BCUT2D eigenvalue weighted by Gasteiger charge is 2.14. The summed E-state index contributed by atoms with van der Waals surface area (Å²) in [5.74, 6) is -1.62. The van der Waals surface area contributed by atoms with Gasteiger partial charge in [0.1, 0.15) is 0 Å². The Morgan fingerprint density at radius 3 is 2.43 bits per heavy atom. The lowest BCUT2D eigenvalue weighted by Crippen LogP contribution is -2.31. The summed E-state index contributed by atoms with van der Waals surface area (Å²) < 4.78 is 4.52. The van der Waals surface area contributed by atoms with Crippen LogP contribution in [0.15, 0.2) is 23.9 Å². The summed E-state index contributed by atoms with van der Waals surface area (Å²) in [6, 6.07) is 0. The molecule has 0 aromatic carbocycles. The van der Waals surface area contributed by atoms with Gasteiger partial charge in [-0.05, 0) is 26.8 Å². The first-order chi connectivity index (χ1) is 6.65. The lowest BCUT2D eigenvalue weighted by Gasteiger charge is -2.04. The molecule has 0 aliphatic rings. The van der Waals surface area contributed by atoms with Crippen molar-refractivity contribution in [3.05, 3.63) is 23.9 Å². The highest BCUT2D eigenvalue weighted by molar-refractivity contribution is 6.32. The van der Waals surface area contributed by atoms with Crippen LogP contribution < -0.4 is 5.32 Å². The fourth-order valence-corrected chi connectivity index (χ4v) is 0.768. The molecular formula is C10H15NO3. The van der Waals surface area contributed by atoms with Gasteiger partial charge < -0.3 is 10.1 Å². The van der Waals surface area contributed by atoms with Crippen LogP contribution in [-0.2, 0) is 14.3 Å². The molecule has 0 rings (SSSR count). The van der Waals surface area contributed by atoms with Gasteiger partial charge in [-0.1, -0.05) is 12.2 Å². The van der Waals surface area contributed by atoms with Crippen LogP contribution in [0.1, 0.15) is 20.8 Å². The highest BCUT2D eigenvalue weighted by Crippen LogP contribution is 1.92. The first kappa shape index (κ1) is 12.4. The topological polar surface area (TPSA) is 55.4 Å². The van der Waals surface area contributed by atoms with Gasteiger partial charge in [0, 0.05) is 5.70 Å². The third-order valence-electron chi connectivity index (χ3n) is 1.38. The van der Waals surface area contributed by atoms with Gasteiger partial charge in [0.15, 0.2) is 0 Å². The first-order valence-electron chi connectivity index (χ1n) is 4.42. The molecule has 0 aromatic rings. The van der Waals surface area contributed by atoms with Crippen LogP contribution in [0.5, 0.6) is 0 Å². The lowest BCUT2D eigenvalue weighted by molar-refractivity contribution is -0.154. The van der Waals surface area contributed by atoms with Crippen LogP contribution >= 0.6 is 0 Å². The van der Waals surface area contributed by atoms with E-state index in [4.69, 9.17) is 0 Å². The van der Waals surface area contributed by atoms with Gasteiger partial charge in [0.25, 0.3) is 0 Å². The molecule has 1 N–H and O–H groups in total. The van der Waals surface area contributed by atoms with Crippen LogP contribution in [-0.4, -0.2) is 18.5 Å². The van der Waals surface area contributed by atoms with E-state index >= 15 is 0 Å². The van der Waals surface area contributed by atoms with E-state index in [0.717, 1.165) is 0 Å². The summed E-state index contributed by atoms with van der Waals surface area (Å²) in [6.07, 6.45) is 5.15. The average molecular weight is 197 g/mol. The number of nitrogens with one attached hydrogen (secondary N) is 1. The fraction of sp³-hybridized carbons (Fsp3) is 0.400. The van der Waals surface area contributed by atoms with E-state index < -0.39 is 11.9 Å². The van der Waals surface area contributed by atoms with Gasteiger partial charge in [-0.25, -0.2) is 4.79 Å². The number of hydrogen-bond acceptors (Lipinski definition) is 3. The maximum Gasteiger partial charge on any atom is 0.397 e. The zero-order valence-electron chi connectivity index (χ0n) is 8.66. The molecule has 4 heteroatoms. The SMILES string of the molecule is CC=CC(=CC)NC(=O)C(=O)OCC. The molecule has 0 unspecified atom stereocenters. The summed E-state index contributed by atoms with van der Waals surface area (Å²) in [5, 5.41) is 2.41. The Morgan fingerprint density at radius 2 is 2.00 bits per heavy atom. The van der Waals surface area contributed by atoms with Crippen molar-refractivity contribution >= 4 is 11.9 Å². The molecule has 0 fully saturated rings. The van der Waals surface area contributed by atoms with E-state index in [1.807, 2.05) is 6.92 Å². The molecule has 0 saturated heterocycles. The van der Waals surface area contributed by atoms with Gasteiger partial charge in [-0.15, -0.1) is 0 Å². The minimum Gasteiger partial charge on any atom is -0.459 e. The minimum absolute atomic E-state index is 0.195. The molecule has 4 nitrogen and oxygen atoms in total. The van der Waals surface area contributed by atoms with Crippen molar-refractivity contribution in [2.75, 3.05) is 6.61 Å². The summed E-state index contributed by atoms with van der Waals surface area (Å²) in [6.45, 7) is 5.43. The summed E-state index contributed by atoms with van der Waals surface area (Å²) in [7, 11) is 0. The van der Waals surface area contributed by atoms with Crippen LogP contribution in [0.25, 0.3) is 0 Å². The predicted octanol–water partition coefficient (Wildman–Crippen LogP) is 1.15. The highest BCUT2D eigenvalue weighted by atomic mass is 16.5. The number of carbonyl (C=O) groups is 2. The molecule has 0 aliphatic heterocycles. The molecular weight excluding hydrogens is 182 g/mol. The Bertz CT molecular complexity index is 267. The molecule has 1 amide bonds. The van der Waals surface area contributed by atoms with E-state index in [1.165, 1.54) is 0 Å². The predicted molar refractivity (Wildman–Crippen MR) is 53.3 cm³/mol. The van der Waals surface area contributed by atoms with E-state index in [0.29, 0.717) is 5.70 Å². The standard InChI is InChI=1S/C10H15NO3/c1-4-7-8(5-2)11-9(12)10(13)14-6-3/h4-5,7H,6H2,1-3H3,(H,11,12). The Morgan fingerprint density at radius 1 is 1.36 bits per heavy atom. The fourth-order valence-electron chi connectivity index (χ4n) is 0.768. The van der Waals surface area contributed by atoms with E-state index in [9.17, 15) is 9.59 Å². The number of rotatable bonds is 3. The van der Waals surface area contributed by atoms with E-state index in [1.54, 1.807) is 32.1 Å².